The fraction of sp³-hybridized carbons (Fsp3) is 0.696. The summed E-state index contributed by atoms with van der Waals surface area (Å²) >= 11 is 0. The van der Waals surface area contributed by atoms with Crippen LogP contribution in [0.4, 0.5) is 4.39 Å². The largest absolute Gasteiger partial charge is 0.390 e. The second-order valence-electron chi connectivity index (χ2n) is 9.54. The van der Waals surface area contributed by atoms with Gasteiger partial charge in [0.15, 0.2) is 0 Å². The Morgan fingerprint density at radius 2 is 1.80 bits per heavy atom. The molecule has 0 spiro atoms. The van der Waals surface area contributed by atoms with Gasteiger partial charge < -0.3 is 51.2 Å². The number of likely N-dealkylation sites (N-methyl/N-ethyl adjacent to an activating group) is 2. The van der Waals surface area contributed by atoms with Crippen molar-refractivity contribution < 1.29 is 38.7 Å². The van der Waals surface area contributed by atoms with Crippen molar-refractivity contribution in [2.24, 2.45) is 5.73 Å². The van der Waals surface area contributed by atoms with E-state index in [1.54, 1.807) is 21.0 Å². The quantitative estimate of drug-likeness (QED) is 0.238. The predicted octanol–water partition coefficient (Wildman–Crippen LogP) is -1.78. The van der Waals surface area contributed by atoms with Crippen molar-refractivity contribution in [3.8, 4) is 0 Å². The van der Waals surface area contributed by atoms with Crippen molar-refractivity contribution in [2.45, 2.75) is 86.5 Å². The SMILES string of the molecule is CNC1C2OC3(O)C(OC2[C@@H](O)[C@H](NC)[C@@H]1O)O[C@H](C)C[C@H]3NC(=O)C[C@@H](N)c1ccc(F)cc1. The standard InChI is InChI=1S/C23H35FN4O7/c1-10-8-14(28-15(29)9-13(25)11-4-6-12(24)7-5-11)23(32)22(33-10)34-21-19(31)16(26-2)18(30)17(27-3)20(21)35-23/h4-7,10,13-14,16-22,26-27,30-32H,8-9,25H2,1-3H3,(H,28,29)/t10-,13-,14-,16-,17?,18+,19+,20?,21?,22?,23?/m1/s1. The van der Waals surface area contributed by atoms with Crippen LogP contribution in [0.1, 0.15) is 31.4 Å². The van der Waals surface area contributed by atoms with Crippen LogP contribution >= 0.6 is 0 Å². The monoisotopic (exact) mass is 498 g/mol. The molecule has 3 fully saturated rings. The molecule has 196 valence electrons. The number of carbonyl (C=O) groups is 1. The number of ether oxygens (including phenoxy) is 3. The van der Waals surface area contributed by atoms with Gasteiger partial charge in [0.05, 0.1) is 30.3 Å². The highest BCUT2D eigenvalue weighted by atomic mass is 19.1. The molecular formula is C23H35FN4O7. The number of rotatable bonds is 6. The van der Waals surface area contributed by atoms with Crippen LogP contribution in [-0.4, -0.2) is 96.0 Å². The summed E-state index contributed by atoms with van der Waals surface area (Å²) in [7, 11) is 3.25. The summed E-state index contributed by atoms with van der Waals surface area (Å²) in [5, 5.41) is 41.8. The molecule has 0 radical (unpaired) electrons. The molecular weight excluding hydrogens is 463 g/mol. The number of halogens is 1. The molecule has 1 saturated carbocycles. The number of carbonyl (C=O) groups excluding carboxylic acids is 1. The number of amides is 1. The number of aliphatic hydroxyl groups is 3. The first-order valence-electron chi connectivity index (χ1n) is 11.8. The highest BCUT2D eigenvalue weighted by molar-refractivity contribution is 5.77. The second-order valence-corrected chi connectivity index (χ2v) is 9.54. The third-order valence-electron chi connectivity index (χ3n) is 7.19. The van der Waals surface area contributed by atoms with Crippen molar-refractivity contribution >= 4 is 5.91 Å². The summed E-state index contributed by atoms with van der Waals surface area (Å²) in [6.07, 6.45) is -5.61. The van der Waals surface area contributed by atoms with Gasteiger partial charge in [0.25, 0.3) is 0 Å². The molecule has 0 bridgehead atoms. The van der Waals surface area contributed by atoms with Crippen LogP contribution in [0, 0.1) is 5.82 Å². The average molecular weight is 499 g/mol. The molecule has 3 aliphatic rings. The van der Waals surface area contributed by atoms with Crippen molar-refractivity contribution in [3.63, 3.8) is 0 Å². The molecule has 1 amide bonds. The van der Waals surface area contributed by atoms with Crippen LogP contribution in [0.3, 0.4) is 0 Å². The first kappa shape index (κ1) is 26.3. The number of benzene rings is 1. The van der Waals surface area contributed by atoms with E-state index in [0.29, 0.717) is 5.56 Å². The lowest BCUT2D eigenvalue weighted by molar-refractivity contribution is -0.449. The highest BCUT2D eigenvalue weighted by Gasteiger charge is 2.63. The Balaban J connectivity index is 1.51. The number of hydrogen-bond acceptors (Lipinski definition) is 10. The van der Waals surface area contributed by atoms with Gasteiger partial charge in [-0.3, -0.25) is 4.79 Å². The fourth-order valence-corrected chi connectivity index (χ4v) is 5.30. The lowest BCUT2D eigenvalue weighted by Gasteiger charge is -2.58. The Labute approximate surface area is 203 Å². The molecule has 5 unspecified atom stereocenters. The summed E-state index contributed by atoms with van der Waals surface area (Å²) in [5.74, 6) is -2.92. The maximum absolute atomic E-state index is 13.2. The van der Waals surface area contributed by atoms with E-state index in [-0.39, 0.29) is 12.8 Å². The van der Waals surface area contributed by atoms with Gasteiger partial charge in [0.2, 0.25) is 18.0 Å². The van der Waals surface area contributed by atoms with Crippen molar-refractivity contribution in [1.29, 1.82) is 0 Å². The second kappa shape index (κ2) is 10.3. The Morgan fingerprint density at radius 1 is 1.14 bits per heavy atom. The first-order chi connectivity index (χ1) is 16.6. The van der Waals surface area contributed by atoms with Gasteiger partial charge in [-0.05, 0) is 45.1 Å². The third kappa shape index (κ3) is 4.95. The smallest absolute Gasteiger partial charge is 0.239 e. The molecule has 1 aromatic carbocycles. The van der Waals surface area contributed by atoms with Crippen LogP contribution < -0.4 is 21.7 Å². The third-order valence-corrected chi connectivity index (χ3v) is 7.19. The number of hydrogen-bond donors (Lipinski definition) is 7. The average Bonchev–Trinajstić information content (AvgIpc) is 2.80. The summed E-state index contributed by atoms with van der Waals surface area (Å²) in [6, 6.07) is 2.59. The van der Waals surface area contributed by atoms with Gasteiger partial charge in [0.1, 0.15) is 24.1 Å². The van der Waals surface area contributed by atoms with Crippen LogP contribution in [-0.2, 0) is 19.0 Å². The van der Waals surface area contributed by atoms with E-state index in [1.165, 1.54) is 24.3 Å². The van der Waals surface area contributed by atoms with Gasteiger partial charge in [0, 0.05) is 12.5 Å². The number of aliphatic hydroxyl groups excluding tert-OH is 2. The zero-order chi connectivity index (χ0) is 25.5. The zero-order valence-corrected chi connectivity index (χ0v) is 19.9. The minimum atomic E-state index is -2.08. The predicted molar refractivity (Wildman–Crippen MR) is 121 cm³/mol. The molecule has 2 aliphatic heterocycles. The van der Waals surface area contributed by atoms with Crippen molar-refractivity contribution in [2.75, 3.05) is 14.1 Å². The maximum atomic E-state index is 13.2. The molecule has 0 aromatic heterocycles. The number of nitrogens with one attached hydrogen (secondary N) is 3. The molecule has 2 saturated heterocycles. The van der Waals surface area contributed by atoms with E-state index >= 15 is 0 Å². The zero-order valence-electron chi connectivity index (χ0n) is 19.9. The molecule has 1 aliphatic carbocycles. The van der Waals surface area contributed by atoms with Gasteiger partial charge in [-0.2, -0.15) is 0 Å². The van der Waals surface area contributed by atoms with Gasteiger partial charge in [-0.25, -0.2) is 4.39 Å². The topological polar surface area (TPSA) is 168 Å². The van der Waals surface area contributed by atoms with E-state index < -0.39 is 78.5 Å². The number of fused-ring (bicyclic) bond motifs is 2. The Hall–Kier alpha value is -1.74. The first-order valence-corrected chi connectivity index (χ1v) is 11.8. The molecule has 11 atom stereocenters. The van der Waals surface area contributed by atoms with Gasteiger partial charge in [-0.15, -0.1) is 0 Å². The molecule has 35 heavy (non-hydrogen) atoms. The van der Waals surface area contributed by atoms with E-state index in [4.69, 9.17) is 19.9 Å². The summed E-state index contributed by atoms with van der Waals surface area (Å²) in [5.41, 5.74) is 6.72. The van der Waals surface area contributed by atoms with Crippen LogP contribution in [0.25, 0.3) is 0 Å². The summed E-state index contributed by atoms with van der Waals surface area (Å²) < 4.78 is 31.1. The molecule has 2 heterocycles. The normalized spacial score (nSPS) is 42.0. The Bertz CT molecular complexity index is 895. The molecule has 8 N–H and O–H groups in total. The summed E-state index contributed by atoms with van der Waals surface area (Å²) in [6.45, 7) is 1.77. The highest BCUT2D eigenvalue weighted by Crippen LogP contribution is 2.42. The fourth-order valence-electron chi connectivity index (χ4n) is 5.30. The molecule has 4 rings (SSSR count). The van der Waals surface area contributed by atoms with Crippen LogP contribution in [0.15, 0.2) is 24.3 Å². The molecule has 1 aromatic rings. The van der Waals surface area contributed by atoms with E-state index in [0.717, 1.165) is 0 Å². The lowest BCUT2D eigenvalue weighted by Crippen LogP contribution is -2.79. The Morgan fingerprint density at radius 3 is 2.43 bits per heavy atom. The minimum absolute atomic E-state index is 0.106. The van der Waals surface area contributed by atoms with E-state index in [9.17, 15) is 24.5 Å². The van der Waals surface area contributed by atoms with Gasteiger partial charge >= 0.3 is 0 Å². The lowest BCUT2D eigenvalue weighted by atomic mass is 9.79. The maximum Gasteiger partial charge on any atom is 0.239 e. The number of nitrogens with two attached hydrogens (primary N) is 1. The minimum Gasteiger partial charge on any atom is -0.390 e. The molecule has 11 nitrogen and oxygen atoms in total. The summed E-state index contributed by atoms with van der Waals surface area (Å²) in [4.78, 5) is 12.9. The Kier molecular flexibility index (Phi) is 7.77. The van der Waals surface area contributed by atoms with Crippen molar-refractivity contribution in [1.82, 2.24) is 16.0 Å². The van der Waals surface area contributed by atoms with Crippen LogP contribution in [0.5, 0.6) is 0 Å². The van der Waals surface area contributed by atoms with Gasteiger partial charge in [-0.1, -0.05) is 12.1 Å². The van der Waals surface area contributed by atoms with Crippen LogP contribution in [0.2, 0.25) is 0 Å². The van der Waals surface area contributed by atoms with E-state index in [2.05, 4.69) is 16.0 Å². The van der Waals surface area contributed by atoms with Crippen molar-refractivity contribution in [3.05, 3.63) is 35.6 Å². The molecule has 12 heteroatoms. The van der Waals surface area contributed by atoms with E-state index in [1.807, 2.05) is 0 Å².